The molecule has 0 aliphatic heterocycles. The number of nitrogens with zero attached hydrogens (tertiary/aromatic N) is 1. The molecule has 0 saturated heterocycles. The van der Waals surface area contributed by atoms with Gasteiger partial charge in [0.2, 0.25) is 15.9 Å². The maximum atomic E-state index is 12.5. The van der Waals surface area contributed by atoms with Crippen molar-refractivity contribution in [3.05, 3.63) is 40.8 Å². The standard InChI is InChI=1S/C18H23N3O4S/c1-11(2)21-26(23,24)17-10-15(7-6-12(17)3)8-9-16-18(19-14(5)22)13(4)20-25-16/h6-11,21H,1-5H3,(H,19,22). The van der Waals surface area contributed by atoms with Gasteiger partial charge in [0.25, 0.3) is 0 Å². The van der Waals surface area contributed by atoms with Gasteiger partial charge in [0, 0.05) is 13.0 Å². The van der Waals surface area contributed by atoms with Crippen LogP contribution in [0.3, 0.4) is 0 Å². The van der Waals surface area contributed by atoms with Gasteiger partial charge < -0.3 is 9.84 Å². The van der Waals surface area contributed by atoms with Crippen molar-refractivity contribution in [3.63, 3.8) is 0 Å². The summed E-state index contributed by atoms with van der Waals surface area (Å²) in [5, 5.41) is 6.51. The van der Waals surface area contributed by atoms with Gasteiger partial charge in [-0.15, -0.1) is 0 Å². The van der Waals surface area contributed by atoms with E-state index in [1.54, 1.807) is 52.0 Å². The normalized spacial score (nSPS) is 12.1. The summed E-state index contributed by atoms with van der Waals surface area (Å²) in [6, 6.07) is 4.95. The van der Waals surface area contributed by atoms with E-state index in [1.165, 1.54) is 6.92 Å². The van der Waals surface area contributed by atoms with Gasteiger partial charge in [0.1, 0.15) is 11.4 Å². The van der Waals surface area contributed by atoms with Gasteiger partial charge in [0.05, 0.1) is 4.90 Å². The summed E-state index contributed by atoms with van der Waals surface area (Å²) in [6.07, 6.45) is 3.35. The van der Waals surface area contributed by atoms with Crippen LogP contribution in [-0.4, -0.2) is 25.5 Å². The molecule has 26 heavy (non-hydrogen) atoms. The smallest absolute Gasteiger partial charge is 0.241 e. The zero-order chi connectivity index (χ0) is 19.5. The maximum absolute atomic E-state index is 12.5. The highest BCUT2D eigenvalue weighted by Gasteiger charge is 2.18. The van der Waals surface area contributed by atoms with Crippen LogP contribution in [0.1, 0.15) is 43.4 Å². The number of amides is 1. The Hall–Kier alpha value is -2.45. The lowest BCUT2D eigenvalue weighted by atomic mass is 10.1. The van der Waals surface area contributed by atoms with Crippen LogP contribution >= 0.6 is 0 Å². The largest absolute Gasteiger partial charge is 0.354 e. The second-order valence-electron chi connectivity index (χ2n) is 6.32. The third-order valence-corrected chi connectivity index (χ3v) is 5.31. The van der Waals surface area contributed by atoms with Gasteiger partial charge in [-0.3, -0.25) is 4.79 Å². The summed E-state index contributed by atoms with van der Waals surface area (Å²) >= 11 is 0. The molecule has 0 atom stereocenters. The lowest BCUT2D eigenvalue weighted by molar-refractivity contribution is -0.114. The SMILES string of the molecule is CC(=O)Nc1c(C)noc1C=Cc1ccc(C)c(S(=O)(=O)NC(C)C)c1. The highest BCUT2D eigenvalue weighted by atomic mass is 32.2. The van der Waals surface area contributed by atoms with Gasteiger partial charge in [0.15, 0.2) is 5.76 Å². The van der Waals surface area contributed by atoms with Gasteiger partial charge >= 0.3 is 0 Å². The van der Waals surface area contributed by atoms with E-state index in [0.29, 0.717) is 28.3 Å². The molecule has 0 spiro atoms. The van der Waals surface area contributed by atoms with Crippen molar-refractivity contribution < 1.29 is 17.7 Å². The monoisotopic (exact) mass is 377 g/mol. The molecule has 0 radical (unpaired) electrons. The topological polar surface area (TPSA) is 101 Å². The van der Waals surface area contributed by atoms with E-state index in [4.69, 9.17) is 4.52 Å². The molecule has 1 amide bonds. The van der Waals surface area contributed by atoms with E-state index in [-0.39, 0.29) is 16.8 Å². The Morgan fingerprint density at radius 1 is 1.23 bits per heavy atom. The number of sulfonamides is 1. The predicted molar refractivity (Wildman–Crippen MR) is 101 cm³/mol. The van der Waals surface area contributed by atoms with Crippen molar-refractivity contribution in [3.8, 4) is 0 Å². The van der Waals surface area contributed by atoms with Crippen LogP contribution in [0.15, 0.2) is 27.6 Å². The van der Waals surface area contributed by atoms with E-state index in [9.17, 15) is 13.2 Å². The fourth-order valence-corrected chi connectivity index (χ4v) is 3.92. The molecule has 8 heteroatoms. The molecule has 2 rings (SSSR count). The van der Waals surface area contributed by atoms with Crippen LogP contribution in [-0.2, 0) is 14.8 Å². The van der Waals surface area contributed by atoms with E-state index >= 15 is 0 Å². The lowest BCUT2D eigenvalue weighted by Gasteiger charge is -2.12. The minimum Gasteiger partial charge on any atom is -0.354 e. The number of hydrogen-bond acceptors (Lipinski definition) is 5. The van der Waals surface area contributed by atoms with Crippen molar-refractivity contribution in [2.75, 3.05) is 5.32 Å². The average Bonchev–Trinajstić information content (AvgIpc) is 2.85. The first-order chi connectivity index (χ1) is 12.1. The van der Waals surface area contributed by atoms with E-state index < -0.39 is 10.0 Å². The minimum absolute atomic E-state index is 0.198. The second kappa shape index (κ2) is 7.84. The molecule has 7 nitrogen and oxygen atoms in total. The third kappa shape index (κ3) is 4.80. The van der Waals surface area contributed by atoms with Crippen LogP contribution in [0.4, 0.5) is 5.69 Å². The minimum atomic E-state index is -3.59. The van der Waals surface area contributed by atoms with Crippen molar-refractivity contribution in [1.29, 1.82) is 0 Å². The third-order valence-electron chi connectivity index (χ3n) is 3.51. The average molecular weight is 377 g/mol. The molecule has 0 aliphatic carbocycles. The molecule has 1 aromatic heterocycles. The maximum Gasteiger partial charge on any atom is 0.241 e. The summed E-state index contributed by atoms with van der Waals surface area (Å²) in [7, 11) is -3.59. The molecular weight excluding hydrogens is 354 g/mol. The number of nitrogens with one attached hydrogen (secondary N) is 2. The summed E-state index contributed by atoms with van der Waals surface area (Å²) in [6.45, 7) is 8.41. The van der Waals surface area contributed by atoms with Crippen LogP contribution < -0.4 is 10.0 Å². The number of rotatable bonds is 6. The highest BCUT2D eigenvalue weighted by Crippen LogP contribution is 2.24. The highest BCUT2D eigenvalue weighted by molar-refractivity contribution is 7.89. The van der Waals surface area contributed by atoms with E-state index in [1.807, 2.05) is 6.07 Å². The molecule has 0 unspecified atom stereocenters. The summed E-state index contributed by atoms with van der Waals surface area (Å²) in [5.41, 5.74) is 2.40. The van der Waals surface area contributed by atoms with E-state index in [2.05, 4.69) is 15.2 Å². The van der Waals surface area contributed by atoms with Gasteiger partial charge in [-0.05, 0) is 51.0 Å². The number of carbonyl (C=O) groups is 1. The number of benzene rings is 1. The second-order valence-corrected chi connectivity index (χ2v) is 8.01. The van der Waals surface area contributed by atoms with Crippen LogP contribution in [0.5, 0.6) is 0 Å². The van der Waals surface area contributed by atoms with Crippen LogP contribution in [0.25, 0.3) is 12.2 Å². The molecule has 1 aromatic carbocycles. The Morgan fingerprint density at radius 2 is 1.92 bits per heavy atom. The van der Waals surface area contributed by atoms with Gasteiger partial charge in [-0.1, -0.05) is 23.4 Å². The number of carbonyl (C=O) groups excluding carboxylic acids is 1. The first-order valence-electron chi connectivity index (χ1n) is 8.15. The molecule has 0 bridgehead atoms. The predicted octanol–water partition coefficient (Wildman–Crippen LogP) is 3.11. The molecule has 0 saturated carbocycles. The number of aryl methyl sites for hydroxylation is 2. The Morgan fingerprint density at radius 3 is 2.54 bits per heavy atom. The number of aromatic nitrogens is 1. The Kier molecular flexibility index (Phi) is 5.99. The molecule has 0 aliphatic rings. The Balaban J connectivity index is 2.36. The van der Waals surface area contributed by atoms with Gasteiger partial charge in [-0.2, -0.15) is 0 Å². The zero-order valence-corrected chi connectivity index (χ0v) is 16.3. The Labute approximate surface area is 153 Å². The first kappa shape index (κ1) is 19.9. The fraction of sp³-hybridized carbons (Fsp3) is 0.333. The summed E-state index contributed by atoms with van der Waals surface area (Å²) in [4.78, 5) is 11.5. The number of anilines is 1. The zero-order valence-electron chi connectivity index (χ0n) is 15.5. The van der Waals surface area contributed by atoms with Crippen molar-refractivity contribution in [1.82, 2.24) is 9.88 Å². The summed E-state index contributed by atoms with van der Waals surface area (Å²) in [5.74, 6) is 0.164. The van der Waals surface area contributed by atoms with Gasteiger partial charge in [-0.25, -0.2) is 13.1 Å². The van der Waals surface area contributed by atoms with Crippen molar-refractivity contribution in [2.45, 2.75) is 45.6 Å². The lowest BCUT2D eigenvalue weighted by Crippen LogP contribution is -2.30. The van der Waals surface area contributed by atoms with E-state index in [0.717, 1.165) is 0 Å². The van der Waals surface area contributed by atoms with Crippen LogP contribution in [0, 0.1) is 13.8 Å². The van der Waals surface area contributed by atoms with Crippen molar-refractivity contribution >= 4 is 33.8 Å². The molecule has 140 valence electrons. The molecule has 0 fully saturated rings. The van der Waals surface area contributed by atoms with Crippen LogP contribution in [0.2, 0.25) is 0 Å². The first-order valence-corrected chi connectivity index (χ1v) is 9.63. The number of hydrogen-bond donors (Lipinski definition) is 2. The molecule has 2 N–H and O–H groups in total. The van der Waals surface area contributed by atoms with Crippen molar-refractivity contribution in [2.24, 2.45) is 0 Å². The molecule has 1 heterocycles. The summed E-state index contributed by atoms with van der Waals surface area (Å²) < 4.78 is 32.7. The quantitative estimate of drug-likeness (QED) is 0.805. The fourth-order valence-electron chi connectivity index (χ4n) is 2.38. The Bertz CT molecular complexity index is 943. The molecular formula is C18H23N3O4S. The molecule has 2 aromatic rings.